The third-order valence-electron chi connectivity index (χ3n) is 4.54. The van der Waals surface area contributed by atoms with Crippen LogP contribution in [0.3, 0.4) is 0 Å². The molecule has 0 aliphatic carbocycles. The van der Waals surface area contributed by atoms with Gasteiger partial charge in [0.2, 0.25) is 21.1 Å². The van der Waals surface area contributed by atoms with E-state index in [1.165, 1.54) is 49.3 Å². The molecule has 0 saturated carbocycles. The molecule has 3 aromatic rings. The highest BCUT2D eigenvalue weighted by Gasteiger charge is 2.20. The summed E-state index contributed by atoms with van der Waals surface area (Å²) in [5.41, 5.74) is 2.27. The van der Waals surface area contributed by atoms with Crippen molar-refractivity contribution in [1.29, 1.82) is 0 Å². The Morgan fingerprint density at radius 2 is 1.88 bits per heavy atom. The number of benzene rings is 2. The lowest BCUT2D eigenvalue weighted by Gasteiger charge is -2.16. The lowest BCUT2D eigenvalue weighted by atomic mass is 10.1. The van der Waals surface area contributed by atoms with E-state index < -0.39 is 15.8 Å². The Morgan fingerprint density at radius 3 is 2.56 bits per heavy atom. The van der Waals surface area contributed by atoms with Gasteiger partial charge < -0.3 is 10.6 Å². The molecule has 1 amide bonds. The number of sulfonamides is 1. The van der Waals surface area contributed by atoms with E-state index in [0.717, 1.165) is 15.4 Å². The van der Waals surface area contributed by atoms with E-state index in [1.807, 2.05) is 6.92 Å². The third kappa shape index (κ3) is 5.63. The molecule has 12 heteroatoms. The Labute approximate surface area is 194 Å². The molecule has 0 spiro atoms. The van der Waals surface area contributed by atoms with E-state index in [0.29, 0.717) is 15.2 Å². The monoisotopic (exact) mass is 495 g/mol. The number of hydrogen-bond acceptors (Lipinski definition) is 8. The van der Waals surface area contributed by atoms with Crippen LogP contribution >= 0.6 is 23.1 Å². The van der Waals surface area contributed by atoms with Crippen molar-refractivity contribution in [3.8, 4) is 0 Å². The number of hydrogen-bond donors (Lipinski definition) is 2. The molecule has 0 aliphatic rings. The first kappa shape index (κ1) is 24.1. The Balaban J connectivity index is 1.65. The summed E-state index contributed by atoms with van der Waals surface area (Å²) in [6, 6.07) is 9.27. The van der Waals surface area contributed by atoms with Crippen LogP contribution in [0.4, 0.5) is 20.9 Å². The SMILES string of the molecule is Cc1cc(S(=O)(=O)N(C)C)cc(NC(=O)CSc2nnc(Nc3ccccc3F)s2)c1C. The summed E-state index contributed by atoms with van der Waals surface area (Å²) in [4.78, 5) is 12.6. The van der Waals surface area contributed by atoms with Gasteiger partial charge in [-0.2, -0.15) is 0 Å². The summed E-state index contributed by atoms with van der Waals surface area (Å²) in [6.45, 7) is 3.61. The molecule has 2 N–H and O–H groups in total. The van der Waals surface area contributed by atoms with Crippen molar-refractivity contribution >= 4 is 55.5 Å². The molecule has 1 aromatic heterocycles. The largest absolute Gasteiger partial charge is 0.328 e. The number of para-hydroxylation sites is 1. The molecule has 3 rings (SSSR count). The van der Waals surface area contributed by atoms with Gasteiger partial charge >= 0.3 is 0 Å². The van der Waals surface area contributed by atoms with Gasteiger partial charge in [0.25, 0.3) is 0 Å². The molecule has 0 fully saturated rings. The van der Waals surface area contributed by atoms with Gasteiger partial charge in [-0.05, 0) is 49.2 Å². The number of amides is 1. The summed E-state index contributed by atoms with van der Waals surface area (Å²) in [5, 5.41) is 14.0. The van der Waals surface area contributed by atoms with Crippen LogP contribution in [0, 0.1) is 19.7 Å². The second kappa shape index (κ2) is 9.94. The number of aryl methyl sites for hydroxylation is 1. The summed E-state index contributed by atoms with van der Waals surface area (Å²) in [6.07, 6.45) is 0. The minimum atomic E-state index is -3.63. The lowest BCUT2D eigenvalue weighted by Crippen LogP contribution is -2.23. The van der Waals surface area contributed by atoms with Gasteiger partial charge in [-0.1, -0.05) is 35.2 Å². The molecule has 2 aromatic carbocycles. The predicted molar refractivity (Wildman–Crippen MR) is 126 cm³/mol. The van der Waals surface area contributed by atoms with E-state index in [4.69, 9.17) is 0 Å². The van der Waals surface area contributed by atoms with Crippen LogP contribution < -0.4 is 10.6 Å². The van der Waals surface area contributed by atoms with Crippen molar-refractivity contribution in [2.45, 2.75) is 23.1 Å². The van der Waals surface area contributed by atoms with Crippen molar-refractivity contribution in [2.75, 3.05) is 30.5 Å². The first-order valence-electron chi connectivity index (χ1n) is 9.39. The molecule has 0 atom stereocenters. The topological polar surface area (TPSA) is 104 Å². The van der Waals surface area contributed by atoms with Crippen molar-refractivity contribution in [3.63, 3.8) is 0 Å². The third-order valence-corrected chi connectivity index (χ3v) is 8.31. The molecule has 1 heterocycles. The Hall–Kier alpha value is -2.54. The molecule has 32 heavy (non-hydrogen) atoms. The fraction of sp³-hybridized carbons (Fsp3) is 0.250. The maximum absolute atomic E-state index is 13.7. The number of rotatable bonds is 8. The maximum Gasteiger partial charge on any atom is 0.242 e. The molecule has 8 nitrogen and oxygen atoms in total. The summed E-state index contributed by atoms with van der Waals surface area (Å²) < 4.78 is 40.3. The van der Waals surface area contributed by atoms with Crippen LogP contribution in [0.25, 0.3) is 0 Å². The highest BCUT2D eigenvalue weighted by Crippen LogP contribution is 2.29. The van der Waals surface area contributed by atoms with Gasteiger partial charge in [0.1, 0.15) is 5.82 Å². The smallest absolute Gasteiger partial charge is 0.242 e. The van der Waals surface area contributed by atoms with Gasteiger partial charge in [-0.25, -0.2) is 17.1 Å². The molecule has 0 saturated heterocycles. The summed E-state index contributed by atoms with van der Waals surface area (Å²) >= 11 is 2.38. The van der Waals surface area contributed by atoms with Gasteiger partial charge in [0, 0.05) is 19.8 Å². The zero-order chi connectivity index (χ0) is 23.5. The molecule has 0 radical (unpaired) electrons. The number of nitrogens with zero attached hydrogens (tertiary/aromatic N) is 3. The van der Waals surface area contributed by atoms with Gasteiger partial charge in [-0.3, -0.25) is 4.79 Å². The average Bonchev–Trinajstić information content (AvgIpc) is 3.18. The summed E-state index contributed by atoms with van der Waals surface area (Å²) in [7, 11) is -0.719. The van der Waals surface area contributed by atoms with Crippen LogP contribution in [0.15, 0.2) is 45.6 Å². The van der Waals surface area contributed by atoms with Crippen molar-refractivity contribution in [2.24, 2.45) is 0 Å². The number of carbonyl (C=O) groups is 1. The van der Waals surface area contributed by atoms with E-state index in [1.54, 1.807) is 31.2 Å². The minimum Gasteiger partial charge on any atom is -0.328 e. The van der Waals surface area contributed by atoms with Gasteiger partial charge in [0.05, 0.1) is 16.3 Å². The molecule has 0 unspecified atom stereocenters. The second-order valence-corrected chi connectivity index (χ2v) is 11.4. The number of nitrogens with one attached hydrogen (secondary N) is 2. The zero-order valence-electron chi connectivity index (χ0n) is 17.8. The molecule has 0 bridgehead atoms. The predicted octanol–water partition coefficient (Wildman–Crippen LogP) is 4.02. The van der Waals surface area contributed by atoms with Crippen molar-refractivity contribution < 1.29 is 17.6 Å². The maximum atomic E-state index is 13.7. The highest BCUT2D eigenvalue weighted by atomic mass is 32.2. The van der Waals surface area contributed by atoms with E-state index in [2.05, 4.69) is 20.8 Å². The van der Waals surface area contributed by atoms with Crippen LogP contribution in [0.1, 0.15) is 11.1 Å². The fourth-order valence-electron chi connectivity index (χ4n) is 2.63. The van der Waals surface area contributed by atoms with E-state index >= 15 is 0 Å². The first-order valence-corrected chi connectivity index (χ1v) is 12.6. The van der Waals surface area contributed by atoms with Crippen LogP contribution in [0.2, 0.25) is 0 Å². The normalized spacial score (nSPS) is 11.6. The number of carbonyl (C=O) groups excluding carboxylic acids is 1. The molecule has 170 valence electrons. The van der Waals surface area contributed by atoms with E-state index in [-0.39, 0.29) is 22.2 Å². The van der Waals surface area contributed by atoms with Crippen LogP contribution in [-0.4, -0.2) is 48.7 Å². The lowest BCUT2D eigenvalue weighted by molar-refractivity contribution is -0.113. The Kier molecular flexibility index (Phi) is 7.49. The fourth-order valence-corrected chi connectivity index (χ4v) is 5.20. The van der Waals surface area contributed by atoms with Crippen LogP contribution in [0.5, 0.6) is 0 Å². The first-order chi connectivity index (χ1) is 15.1. The van der Waals surface area contributed by atoms with E-state index in [9.17, 15) is 17.6 Å². The quantitative estimate of drug-likeness (QED) is 0.455. The standard InChI is InChI=1S/C20H22FN5O3S3/c1-12-9-14(32(28,29)26(3)4)10-17(13(12)2)22-18(27)11-30-20-25-24-19(31-20)23-16-8-6-5-7-15(16)21/h5-10H,11H2,1-4H3,(H,22,27)(H,23,24). The highest BCUT2D eigenvalue weighted by molar-refractivity contribution is 8.01. The number of halogens is 1. The minimum absolute atomic E-state index is 0.0531. The van der Waals surface area contributed by atoms with Gasteiger partial charge in [0.15, 0.2) is 4.34 Å². The molecular weight excluding hydrogens is 473 g/mol. The number of thioether (sulfide) groups is 1. The number of anilines is 3. The van der Waals surface area contributed by atoms with Crippen molar-refractivity contribution in [1.82, 2.24) is 14.5 Å². The summed E-state index contributed by atoms with van der Waals surface area (Å²) in [5.74, 6) is -0.659. The number of aromatic nitrogens is 2. The molecule has 0 aliphatic heterocycles. The van der Waals surface area contributed by atoms with Crippen molar-refractivity contribution in [3.05, 3.63) is 53.3 Å². The Morgan fingerprint density at radius 1 is 1.16 bits per heavy atom. The molecular formula is C20H22FN5O3S3. The Bertz CT molecular complexity index is 1250. The zero-order valence-corrected chi connectivity index (χ0v) is 20.3. The van der Waals surface area contributed by atoms with Crippen LogP contribution in [-0.2, 0) is 14.8 Å². The average molecular weight is 496 g/mol. The van der Waals surface area contributed by atoms with Gasteiger partial charge in [-0.15, -0.1) is 10.2 Å². The second-order valence-electron chi connectivity index (χ2n) is 7.01.